The van der Waals surface area contributed by atoms with Gasteiger partial charge in [0.25, 0.3) is 5.91 Å². The lowest BCUT2D eigenvalue weighted by Gasteiger charge is -2.29. The summed E-state index contributed by atoms with van der Waals surface area (Å²) in [4.78, 5) is 27.1. The predicted molar refractivity (Wildman–Crippen MR) is 96.2 cm³/mol. The number of carbonyl (C=O) groups excluding carboxylic acids is 2. The summed E-state index contributed by atoms with van der Waals surface area (Å²) in [7, 11) is 1.82. The number of nitrogens with zero attached hydrogens (tertiary/aromatic N) is 1. The molecule has 1 aromatic carbocycles. The molecule has 5 nitrogen and oxygen atoms in total. The maximum Gasteiger partial charge on any atom is 0.251 e. The SMILES string of the molecule is CC(C)CC(NC(=O)c1ccc(Cl)cc1)C(=O)N(C)C1CCNC1. The van der Waals surface area contributed by atoms with Gasteiger partial charge in [0, 0.05) is 30.2 Å². The second-order valence-electron chi connectivity index (χ2n) is 6.76. The average molecular weight is 352 g/mol. The van der Waals surface area contributed by atoms with Gasteiger partial charge in [0.2, 0.25) is 5.91 Å². The molecule has 0 saturated carbocycles. The molecule has 2 rings (SSSR count). The molecule has 2 atom stereocenters. The van der Waals surface area contributed by atoms with E-state index in [2.05, 4.69) is 10.6 Å². The van der Waals surface area contributed by atoms with Crippen molar-refractivity contribution in [2.24, 2.45) is 5.92 Å². The van der Waals surface area contributed by atoms with E-state index in [4.69, 9.17) is 11.6 Å². The highest BCUT2D eigenvalue weighted by Gasteiger charge is 2.30. The van der Waals surface area contributed by atoms with Gasteiger partial charge in [0.1, 0.15) is 6.04 Å². The monoisotopic (exact) mass is 351 g/mol. The van der Waals surface area contributed by atoms with Crippen molar-refractivity contribution in [3.63, 3.8) is 0 Å². The molecule has 24 heavy (non-hydrogen) atoms. The molecule has 2 N–H and O–H groups in total. The molecule has 2 amide bonds. The number of hydrogen-bond donors (Lipinski definition) is 2. The summed E-state index contributed by atoms with van der Waals surface area (Å²) in [6.45, 7) is 5.83. The maximum atomic E-state index is 12.8. The number of nitrogens with one attached hydrogen (secondary N) is 2. The molecule has 1 fully saturated rings. The van der Waals surface area contributed by atoms with Crippen LogP contribution >= 0.6 is 11.6 Å². The highest BCUT2D eigenvalue weighted by Crippen LogP contribution is 2.14. The largest absolute Gasteiger partial charge is 0.340 e. The Morgan fingerprint density at radius 2 is 2.00 bits per heavy atom. The van der Waals surface area contributed by atoms with Crippen molar-refractivity contribution >= 4 is 23.4 Å². The summed E-state index contributed by atoms with van der Waals surface area (Å²) < 4.78 is 0. The van der Waals surface area contributed by atoms with E-state index >= 15 is 0 Å². The second kappa shape index (κ2) is 8.49. The number of hydrogen-bond acceptors (Lipinski definition) is 3. The van der Waals surface area contributed by atoms with Crippen LogP contribution in [0.1, 0.15) is 37.0 Å². The van der Waals surface area contributed by atoms with Crippen LogP contribution in [0.2, 0.25) is 5.02 Å². The first kappa shape index (κ1) is 18.7. The van der Waals surface area contributed by atoms with Crippen molar-refractivity contribution in [2.45, 2.75) is 38.8 Å². The van der Waals surface area contributed by atoms with Crippen LogP contribution in [0.4, 0.5) is 0 Å². The van der Waals surface area contributed by atoms with E-state index in [9.17, 15) is 9.59 Å². The van der Waals surface area contributed by atoms with Gasteiger partial charge in [-0.05, 0) is 49.6 Å². The molecule has 1 aliphatic rings. The summed E-state index contributed by atoms with van der Waals surface area (Å²) in [6, 6.07) is 6.36. The molecule has 0 radical (unpaired) electrons. The van der Waals surface area contributed by atoms with Crippen molar-refractivity contribution in [1.82, 2.24) is 15.5 Å². The standard InChI is InChI=1S/C18H26ClN3O2/c1-12(2)10-16(18(24)22(3)15-8-9-20-11-15)21-17(23)13-4-6-14(19)7-5-13/h4-7,12,15-16,20H,8-11H2,1-3H3,(H,21,23). The van der Waals surface area contributed by atoms with Gasteiger partial charge in [-0.1, -0.05) is 25.4 Å². The van der Waals surface area contributed by atoms with Crippen LogP contribution < -0.4 is 10.6 Å². The fourth-order valence-corrected chi connectivity index (χ4v) is 3.06. The smallest absolute Gasteiger partial charge is 0.251 e. The normalized spacial score (nSPS) is 18.5. The molecule has 0 bridgehead atoms. The fourth-order valence-electron chi connectivity index (χ4n) is 2.93. The third-order valence-electron chi connectivity index (χ3n) is 4.35. The molecule has 6 heteroatoms. The second-order valence-corrected chi connectivity index (χ2v) is 7.19. The van der Waals surface area contributed by atoms with E-state index in [-0.39, 0.29) is 17.9 Å². The molecule has 1 aliphatic heterocycles. The summed E-state index contributed by atoms with van der Waals surface area (Å²) in [5.41, 5.74) is 0.506. The lowest BCUT2D eigenvalue weighted by atomic mass is 10.0. The Morgan fingerprint density at radius 1 is 1.33 bits per heavy atom. The first-order valence-electron chi connectivity index (χ1n) is 8.42. The molecule has 1 saturated heterocycles. The number of rotatable bonds is 6. The zero-order valence-electron chi connectivity index (χ0n) is 14.5. The van der Waals surface area contributed by atoms with E-state index in [1.54, 1.807) is 29.2 Å². The minimum atomic E-state index is -0.515. The number of amides is 2. The zero-order valence-corrected chi connectivity index (χ0v) is 15.3. The van der Waals surface area contributed by atoms with Crippen molar-refractivity contribution in [3.05, 3.63) is 34.9 Å². The highest BCUT2D eigenvalue weighted by atomic mass is 35.5. The van der Waals surface area contributed by atoms with Gasteiger partial charge in [0.05, 0.1) is 0 Å². The topological polar surface area (TPSA) is 61.4 Å². The molecule has 0 spiro atoms. The van der Waals surface area contributed by atoms with E-state index in [1.807, 2.05) is 20.9 Å². The van der Waals surface area contributed by atoms with Gasteiger partial charge in [0.15, 0.2) is 0 Å². The molecular formula is C18H26ClN3O2. The number of halogens is 1. The Kier molecular flexibility index (Phi) is 6.63. The molecule has 0 aliphatic carbocycles. The van der Waals surface area contributed by atoms with Crippen LogP contribution in [-0.2, 0) is 4.79 Å². The fraction of sp³-hybridized carbons (Fsp3) is 0.556. The van der Waals surface area contributed by atoms with E-state index in [0.717, 1.165) is 19.5 Å². The van der Waals surface area contributed by atoms with Gasteiger partial charge in [-0.15, -0.1) is 0 Å². The van der Waals surface area contributed by atoms with Crippen LogP contribution in [-0.4, -0.2) is 48.9 Å². The first-order valence-corrected chi connectivity index (χ1v) is 8.80. The van der Waals surface area contributed by atoms with Crippen molar-refractivity contribution in [3.8, 4) is 0 Å². The van der Waals surface area contributed by atoms with Gasteiger partial charge >= 0.3 is 0 Å². The lowest BCUT2D eigenvalue weighted by Crippen LogP contribution is -2.51. The first-order chi connectivity index (χ1) is 11.4. The Labute approximate surface area is 148 Å². The summed E-state index contributed by atoms with van der Waals surface area (Å²) in [5.74, 6) is 0.0305. The summed E-state index contributed by atoms with van der Waals surface area (Å²) >= 11 is 5.86. The average Bonchev–Trinajstić information content (AvgIpc) is 3.07. The van der Waals surface area contributed by atoms with Gasteiger partial charge in [-0.3, -0.25) is 9.59 Å². The van der Waals surface area contributed by atoms with Gasteiger partial charge in [-0.25, -0.2) is 0 Å². The highest BCUT2D eigenvalue weighted by molar-refractivity contribution is 6.30. The third-order valence-corrected chi connectivity index (χ3v) is 4.60. The van der Waals surface area contributed by atoms with Crippen molar-refractivity contribution in [1.29, 1.82) is 0 Å². The number of likely N-dealkylation sites (N-methyl/N-ethyl adjacent to an activating group) is 1. The molecule has 1 heterocycles. The number of benzene rings is 1. The molecule has 2 unspecified atom stereocenters. The predicted octanol–water partition coefficient (Wildman–Crippen LogP) is 2.30. The van der Waals surface area contributed by atoms with E-state index in [1.165, 1.54) is 0 Å². The van der Waals surface area contributed by atoms with Crippen LogP contribution in [0.15, 0.2) is 24.3 Å². The zero-order chi connectivity index (χ0) is 17.7. The minimum Gasteiger partial charge on any atom is -0.340 e. The lowest BCUT2D eigenvalue weighted by molar-refractivity contribution is -0.134. The maximum absolute atomic E-state index is 12.8. The van der Waals surface area contributed by atoms with Crippen LogP contribution in [0.5, 0.6) is 0 Å². The Bertz CT molecular complexity index is 568. The summed E-state index contributed by atoms with van der Waals surface area (Å²) in [5, 5.41) is 6.74. The molecular weight excluding hydrogens is 326 g/mol. The third kappa shape index (κ3) is 4.95. The Morgan fingerprint density at radius 3 is 2.54 bits per heavy atom. The minimum absolute atomic E-state index is 0.0280. The molecule has 1 aromatic rings. The van der Waals surface area contributed by atoms with Crippen LogP contribution in [0.25, 0.3) is 0 Å². The van der Waals surface area contributed by atoms with E-state index in [0.29, 0.717) is 22.9 Å². The molecule has 132 valence electrons. The Hall–Kier alpha value is -1.59. The van der Waals surface area contributed by atoms with Crippen molar-refractivity contribution in [2.75, 3.05) is 20.1 Å². The quantitative estimate of drug-likeness (QED) is 0.826. The van der Waals surface area contributed by atoms with Gasteiger partial charge in [-0.2, -0.15) is 0 Å². The Balaban J connectivity index is 2.07. The summed E-state index contributed by atoms with van der Waals surface area (Å²) in [6.07, 6.45) is 1.56. The van der Waals surface area contributed by atoms with Crippen molar-refractivity contribution < 1.29 is 9.59 Å². The number of carbonyl (C=O) groups is 2. The molecule has 0 aromatic heterocycles. The van der Waals surface area contributed by atoms with Gasteiger partial charge < -0.3 is 15.5 Å². The van der Waals surface area contributed by atoms with E-state index < -0.39 is 6.04 Å². The van der Waals surface area contributed by atoms with Crippen LogP contribution in [0, 0.1) is 5.92 Å². The van der Waals surface area contributed by atoms with Crippen LogP contribution in [0.3, 0.4) is 0 Å².